The summed E-state index contributed by atoms with van der Waals surface area (Å²) < 4.78 is 0. The van der Waals surface area contributed by atoms with Crippen molar-refractivity contribution < 1.29 is 0 Å². The van der Waals surface area contributed by atoms with Crippen molar-refractivity contribution in [2.24, 2.45) is 0 Å². The number of fused-ring (bicyclic) bond motifs is 1. The average Bonchev–Trinajstić information content (AvgIpc) is 2.74. The molecule has 1 unspecified atom stereocenters. The molecule has 90 valence electrons. The molecule has 2 heterocycles. The van der Waals surface area contributed by atoms with Crippen molar-refractivity contribution in [2.75, 3.05) is 20.1 Å². The highest BCUT2D eigenvalue weighted by Crippen LogP contribution is 2.33. The van der Waals surface area contributed by atoms with Crippen molar-refractivity contribution in [2.45, 2.75) is 18.8 Å². The zero-order chi connectivity index (χ0) is 11.8. The van der Waals surface area contributed by atoms with Crippen molar-refractivity contribution in [3.8, 4) is 0 Å². The topological polar surface area (TPSA) is 19.0 Å². The molecule has 1 fully saturated rings. The van der Waals surface area contributed by atoms with E-state index in [0.29, 0.717) is 5.92 Å². The van der Waals surface area contributed by atoms with Gasteiger partial charge in [0.25, 0.3) is 0 Å². The fourth-order valence-corrected chi connectivity index (χ4v) is 3.13. The van der Waals surface area contributed by atoms with Gasteiger partial charge < -0.3 is 9.88 Å². The number of hydrogen-bond donors (Lipinski definition) is 1. The van der Waals surface area contributed by atoms with Gasteiger partial charge in [0.15, 0.2) is 0 Å². The van der Waals surface area contributed by atoms with Gasteiger partial charge in [-0.2, -0.15) is 0 Å². The van der Waals surface area contributed by atoms with E-state index in [4.69, 9.17) is 11.6 Å². The molecule has 0 bridgehead atoms. The number of para-hydroxylation sites is 1. The Bertz CT molecular complexity index is 532. The number of hydrogen-bond acceptors (Lipinski definition) is 1. The monoisotopic (exact) mass is 248 g/mol. The van der Waals surface area contributed by atoms with E-state index in [0.717, 1.165) is 17.1 Å². The van der Waals surface area contributed by atoms with Gasteiger partial charge in [0, 0.05) is 18.1 Å². The summed E-state index contributed by atoms with van der Waals surface area (Å²) in [6.45, 7) is 2.37. The first-order valence-electron chi connectivity index (χ1n) is 6.20. The SMILES string of the molecule is CN1CCCC(c2c[nH]c3c(Cl)cccc23)C1. The highest BCUT2D eigenvalue weighted by molar-refractivity contribution is 6.35. The molecule has 0 spiro atoms. The Balaban J connectivity index is 2.02. The first-order valence-corrected chi connectivity index (χ1v) is 6.57. The van der Waals surface area contributed by atoms with Crippen LogP contribution in [0.3, 0.4) is 0 Å². The van der Waals surface area contributed by atoms with Gasteiger partial charge in [-0.25, -0.2) is 0 Å². The zero-order valence-electron chi connectivity index (χ0n) is 10.0. The van der Waals surface area contributed by atoms with Crippen LogP contribution < -0.4 is 0 Å². The van der Waals surface area contributed by atoms with Crippen LogP contribution in [0.1, 0.15) is 24.3 Å². The van der Waals surface area contributed by atoms with Crippen LogP contribution >= 0.6 is 11.6 Å². The molecule has 0 radical (unpaired) electrons. The van der Waals surface area contributed by atoms with Gasteiger partial charge in [0.2, 0.25) is 0 Å². The van der Waals surface area contributed by atoms with Crippen molar-refractivity contribution in [1.82, 2.24) is 9.88 Å². The number of likely N-dealkylation sites (N-methyl/N-ethyl adjacent to an activating group) is 1. The van der Waals surface area contributed by atoms with Crippen molar-refractivity contribution in [1.29, 1.82) is 0 Å². The van der Waals surface area contributed by atoms with E-state index in [-0.39, 0.29) is 0 Å². The number of benzene rings is 1. The highest BCUT2D eigenvalue weighted by Gasteiger charge is 2.21. The predicted molar refractivity (Wildman–Crippen MR) is 72.8 cm³/mol. The van der Waals surface area contributed by atoms with Gasteiger partial charge in [-0.1, -0.05) is 23.7 Å². The van der Waals surface area contributed by atoms with E-state index in [2.05, 4.69) is 29.2 Å². The Labute approximate surface area is 107 Å². The van der Waals surface area contributed by atoms with Crippen LogP contribution in [-0.2, 0) is 0 Å². The number of nitrogens with zero attached hydrogens (tertiary/aromatic N) is 1. The second kappa shape index (κ2) is 4.35. The number of piperidine rings is 1. The molecule has 1 saturated heterocycles. The molecule has 1 aliphatic rings. The molecule has 17 heavy (non-hydrogen) atoms. The molecule has 2 nitrogen and oxygen atoms in total. The summed E-state index contributed by atoms with van der Waals surface area (Å²) in [7, 11) is 2.20. The lowest BCUT2D eigenvalue weighted by atomic mass is 9.91. The largest absolute Gasteiger partial charge is 0.360 e. The maximum Gasteiger partial charge on any atom is 0.0647 e. The summed E-state index contributed by atoms with van der Waals surface area (Å²) in [5.74, 6) is 0.640. The fraction of sp³-hybridized carbons (Fsp3) is 0.429. The first-order chi connectivity index (χ1) is 8.25. The molecule has 3 heteroatoms. The zero-order valence-corrected chi connectivity index (χ0v) is 10.8. The van der Waals surface area contributed by atoms with E-state index in [1.807, 2.05) is 12.1 Å². The lowest BCUT2D eigenvalue weighted by Crippen LogP contribution is -2.30. The number of likely N-dealkylation sites (tertiary alicyclic amines) is 1. The first kappa shape index (κ1) is 11.1. The number of H-pyrrole nitrogens is 1. The lowest BCUT2D eigenvalue weighted by Gasteiger charge is -2.29. The summed E-state index contributed by atoms with van der Waals surface area (Å²) in [5.41, 5.74) is 2.51. The average molecular weight is 249 g/mol. The fourth-order valence-electron chi connectivity index (χ4n) is 2.90. The molecular formula is C14H17ClN2. The molecule has 1 aromatic carbocycles. The number of aromatic nitrogens is 1. The van der Waals surface area contributed by atoms with E-state index in [1.54, 1.807) is 0 Å². The van der Waals surface area contributed by atoms with Gasteiger partial charge >= 0.3 is 0 Å². The van der Waals surface area contributed by atoms with Gasteiger partial charge in [-0.05, 0) is 44.0 Å². The molecule has 1 aliphatic heterocycles. The third-order valence-corrected chi connectivity index (χ3v) is 4.08. The molecular weight excluding hydrogens is 232 g/mol. The van der Waals surface area contributed by atoms with Crippen LogP contribution in [0.25, 0.3) is 10.9 Å². The predicted octanol–water partition coefficient (Wildman–Crippen LogP) is 3.63. The van der Waals surface area contributed by atoms with Crippen LogP contribution in [0.5, 0.6) is 0 Å². The van der Waals surface area contributed by atoms with Gasteiger partial charge in [-0.3, -0.25) is 0 Å². The van der Waals surface area contributed by atoms with Crippen LogP contribution in [-0.4, -0.2) is 30.0 Å². The number of aromatic amines is 1. The van der Waals surface area contributed by atoms with Crippen molar-refractivity contribution >= 4 is 22.5 Å². The van der Waals surface area contributed by atoms with Crippen LogP contribution in [0, 0.1) is 0 Å². The van der Waals surface area contributed by atoms with E-state index < -0.39 is 0 Å². The Hall–Kier alpha value is -0.990. The normalized spacial score (nSPS) is 22.1. The minimum atomic E-state index is 0.640. The number of rotatable bonds is 1. The van der Waals surface area contributed by atoms with Gasteiger partial charge in [0.1, 0.15) is 0 Å². The summed E-state index contributed by atoms with van der Waals surface area (Å²) in [4.78, 5) is 5.73. The number of nitrogens with one attached hydrogen (secondary N) is 1. The summed E-state index contributed by atoms with van der Waals surface area (Å²) >= 11 is 6.20. The van der Waals surface area contributed by atoms with E-state index >= 15 is 0 Å². The molecule has 1 atom stereocenters. The minimum absolute atomic E-state index is 0.640. The third-order valence-electron chi connectivity index (χ3n) is 3.76. The Kier molecular flexibility index (Phi) is 2.85. The van der Waals surface area contributed by atoms with Crippen LogP contribution in [0.2, 0.25) is 5.02 Å². The molecule has 0 aliphatic carbocycles. The molecule has 1 aromatic heterocycles. The van der Waals surface area contributed by atoms with Crippen molar-refractivity contribution in [3.05, 3.63) is 35.0 Å². The Morgan fingerprint density at radius 3 is 3.12 bits per heavy atom. The lowest BCUT2D eigenvalue weighted by molar-refractivity contribution is 0.251. The second-order valence-electron chi connectivity index (χ2n) is 5.01. The molecule has 1 N–H and O–H groups in total. The Morgan fingerprint density at radius 2 is 2.29 bits per heavy atom. The molecule has 0 saturated carbocycles. The summed E-state index contributed by atoms with van der Waals surface area (Å²) in [5, 5.41) is 2.11. The van der Waals surface area contributed by atoms with E-state index in [9.17, 15) is 0 Å². The van der Waals surface area contributed by atoms with Gasteiger partial charge in [0.05, 0.1) is 10.5 Å². The third kappa shape index (κ3) is 1.96. The molecule has 2 aromatic rings. The molecule has 3 rings (SSSR count). The second-order valence-corrected chi connectivity index (χ2v) is 5.42. The summed E-state index contributed by atoms with van der Waals surface area (Å²) in [6.07, 6.45) is 4.71. The smallest absolute Gasteiger partial charge is 0.0647 e. The highest BCUT2D eigenvalue weighted by atomic mass is 35.5. The maximum absolute atomic E-state index is 6.20. The maximum atomic E-state index is 6.20. The standard InChI is InChI=1S/C14H17ClN2/c1-17-7-3-4-10(9-17)12-8-16-14-11(12)5-2-6-13(14)15/h2,5-6,8,10,16H,3-4,7,9H2,1H3. The van der Waals surface area contributed by atoms with Crippen LogP contribution in [0.4, 0.5) is 0 Å². The minimum Gasteiger partial charge on any atom is -0.360 e. The van der Waals surface area contributed by atoms with Gasteiger partial charge in [-0.15, -0.1) is 0 Å². The number of halogens is 1. The molecule has 0 amide bonds. The Morgan fingerprint density at radius 1 is 1.41 bits per heavy atom. The van der Waals surface area contributed by atoms with E-state index in [1.165, 1.54) is 30.3 Å². The van der Waals surface area contributed by atoms with Crippen LogP contribution in [0.15, 0.2) is 24.4 Å². The quantitative estimate of drug-likeness (QED) is 0.817. The summed E-state index contributed by atoms with van der Waals surface area (Å²) in [6, 6.07) is 6.15. The van der Waals surface area contributed by atoms with Crippen molar-refractivity contribution in [3.63, 3.8) is 0 Å².